The third-order valence-corrected chi connectivity index (χ3v) is 5.96. The second kappa shape index (κ2) is 8.18. The van der Waals surface area contributed by atoms with Crippen molar-refractivity contribution in [3.63, 3.8) is 0 Å². The zero-order chi connectivity index (χ0) is 21.4. The summed E-state index contributed by atoms with van der Waals surface area (Å²) in [6, 6.07) is 6.90. The molecule has 0 unspecified atom stereocenters. The van der Waals surface area contributed by atoms with Gasteiger partial charge < -0.3 is 10.6 Å². The molecule has 2 N–H and O–H groups in total. The Hall–Kier alpha value is -3.14. The number of pyridine rings is 1. The number of benzene rings is 1. The Balaban J connectivity index is 1.52. The van der Waals surface area contributed by atoms with Crippen LogP contribution >= 0.6 is 15.9 Å². The molecule has 10 heteroatoms. The first-order valence-electron chi connectivity index (χ1n) is 10.1. The number of nitrogens with one attached hydrogen (secondary N) is 2. The van der Waals surface area contributed by atoms with Gasteiger partial charge in [-0.3, -0.25) is 9.78 Å². The Kier molecular flexibility index (Phi) is 5.23. The SMILES string of the molecule is O=C1CC[C@@H](Nc2ncc3c(Br)nn(-c4cc(F)c5ncccc5c4)c3n2)CCCN1. The van der Waals surface area contributed by atoms with Gasteiger partial charge >= 0.3 is 0 Å². The number of rotatable bonds is 3. The van der Waals surface area contributed by atoms with Crippen molar-refractivity contribution < 1.29 is 9.18 Å². The largest absolute Gasteiger partial charge is 0.356 e. The lowest BCUT2D eigenvalue weighted by atomic mass is 10.0. The fourth-order valence-electron chi connectivity index (χ4n) is 3.81. The van der Waals surface area contributed by atoms with Crippen LogP contribution in [0.1, 0.15) is 25.7 Å². The average Bonchev–Trinajstić information content (AvgIpc) is 3.09. The Morgan fingerprint density at radius 2 is 2.16 bits per heavy atom. The van der Waals surface area contributed by atoms with Crippen molar-refractivity contribution in [2.24, 2.45) is 0 Å². The highest BCUT2D eigenvalue weighted by molar-refractivity contribution is 9.10. The van der Waals surface area contributed by atoms with Gasteiger partial charge in [0.25, 0.3) is 0 Å². The quantitative estimate of drug-likeness (QED) is 0.460. The summed E-state index contributed by atoms with van der Waals surface area (Å²) in [5.74, 6) is 0.0980. The van der Waals surface area contributed by atoms with Crippen molar-refractivity contribution in [3.05, 3.63) is 47.1 Å². The topological polar surface area (TPSA) is 97.6 Å². The lowest BCUT2D eigenvalue weighted by molar-refractivity contribution is -0.121. The maximum absolute atomic E-state index is 14.6. The van der Waals surface area contributed by atoms with Gasteiger partial charge in [-0.2, -0.15) is 10.1 Å². The molecule has 1 aliphatic rings. The third kappa shape index (κ3) is 3.95. The van der Waals surface area contributed by atoms with Crippen LogP contribution in [-0.4, -0.2) is 43.2 Å². The van der Waals surface area contributed by atoms with Crippen LogP contribution in [0.4, 0.5) is 10.3 Å². The van der Waals surface area contributed by atoms with E-state index in [0.29, 0.717) is 57.6 Å². The van der Waals surface area contributed by atoms with Gasteiger partial charge in [0.05, 0.1) is 11.1 Å². The van der Waals surface area contributed by atoms with Crippen LogP contribution in [0.15, 0.2) is 41.3 Å². The minimum atomic E-state index is -0.423. The summed E-state index contributed by atoms with van der Waals surface area (Å²) < 4.78 is 16.8. The number of hydrogen-bond donors (Lipinski definition) is 2. The fourth-order valence-corrected chi connectivity index (χ4v) is 4.25. The van der Waals surface area contributed by atoms with Crippen LogP contribution in [0, 0.1) is 5.82 Å². The highest BCUT2D eigenvalue weighted by Gasteiger charge is 2.18. The number of nitrogens with zero attached hydrogens (tertiary/aromatic N) is 5. The minimum Gasteiger partial charge on any atom is -0.356 e. The predicted molar refractivity (Wildman–Crippen MR) is 119 cm³/mol. The van der Waals surface area contributed by atoms with Gasteiger partial charge in [0.15, 0.2) is 11.5 Å². The summed E-state index contributed by atoms with van der Waals surface area (Å²) in [6.45, 7) is 0.680. The lowest BCUT2D eigenvalue weighted by Gasteiger charge is -2.21. The molecule has 0 radical (unpaired) electrons. The highest BCUT2D eigenvalue weighted by Crippen LogP contribution is 2.27. The van der Waals surface area contributed by atoms with Crippen LogP contribution < -0.4 is 10.6 Å². The number of carbonyl (C=O) groups is 1. The van der Waals surface area contributed by atoms with Gasteiger partial charge in [-0.05, 0) is 47.3 Å². The molecule has 0 saturated carbocycles. The number of carbonyl (C=O) groups excluding carboxylic acids is 1. The predicted octanol–water partition coefficient (Wildman–Crippen LogP) is 3.74. The van der Waals surface area contributed by atoms with E-state index in [1.54, 1.807) is 23.1 Å². The number of halogens is 2. The second-order valence-electron chi connectivity index (χ2n) is 7.51. The Labute approximate surface area is 185 Å². The summed E-state index contributed by atoms with van der Waals surface area (Å²) in [7, 11) is 0. The molecule has 1 amide bonds. The molecule has 3 aromatic heterocycles. The zero-order valence-electron chi connectivity index (χ0n) is 16.5. The van der Waals surface area contributed by atoms with Gasteiger partial charge in [0, 0.05) is 42.9 Å². The van der Waals surface area contributed by atoms with Crippen LogP contribution in [0.2, 0.25) is 0 Å². The zero-order valence-corrected chi connectivity index (χ0v) is 18.1. The van der Waals surface area contributed by atoms with E-state index in [1.807, 2.05) is 12.1 Å². The first-order chi connectivity index (χ1) is 15.1. The number of hydrogen-bond acceptors (Lipinski definition) is 6. The summed E-state index contributed by atoms with van der Waals surface area (Å²) in [4.78, 5) is 24.9. The molecule has 8 nitrogen and oxygen atoms in total. The molecule has 1 aromatic carbocycles. The van der Waals surface area contributed by atoms with E-state index in [9.17, 15) is 9.18 Å². The molecule has 0 aliphatic carbocycles. The maximum Gasteiger partial charge on any atom is 0.224 e. The van der Waals surface area contributed by atoms with Crippen LogP contribution in [0.5, 0.6) is 0 Å². The number of anilines is 1. The molecule has 1 fully saturated rings. The Bertz CT molecular complexity index is 1290. The van der Waals surface area contributed by atoms with E-state index in [2.05, 4.69) is 46.6 Å². The first-order valence-corrected chi connectivity index (χ1v) is 10.9. The molecule has 4 heterocycles. The molecule has 1 aliphatic heterocycles. The molecule has 0 bridgehead atoms. The van der Waals surface area contributed by atoms with Gasteiger partial charge in [0.2, 0.25) is 11.9 Å². The monoisotopic (exact) mass is 483 g/mol. The van der Waals surface area contributed by atoms with E-state index < -0.39 is 5.82 Å². The molecule has 4 aromatic rings. The molecule has 5 rings (SSSR count). The molecule has 158 valence electrons. The van der Waals surface area contributed by atoms with Gasteiger partial charge in [-0.1, -0.05) is 6.07 Å². The highest BCUT2D eigenvalue weighted by atomic mass is 79.9. The summed E-state index contributed by atoms with van der Waals surface area (Å²) >= 11 is 3.45. The smallest absolute Gasteiger partial charge is 0.224 e. The molecule has 31 heavy (non-hydrogen) atoms. The Morgan fingerprint density at radius 1 is 1.26 bits per heavy atom. The van der Waals surface area contributed by atoms with Gasteiger partial charge in [-0.15, -0.1) is 0 Å². The van der Waals surface area contributed by atoms with Gasteiger partial charge in [0.1, 0.15) is 10.1 Å². The number of fused-ring (bicyclic) bond motifs is 2. The molecule has 1 saturated heterocycles. The van der Waals surface area contributed by atoms with Crippen LogP contribution in [-0.2, 0) is 4.79 Å². The minimum absolute atomic E-state index is 0.0673. The van der Waals surface area contributed by atoms with Crippen molar-refractivity contribution in [2.75, 3.05) is 11.9 Å². The van der Waals surface area contributed by atoms with Crippen molar-refractivity contribution in [1.82, 2.24) is 30.0 Å². The van der Waals surface area contributed by atoms with Crippen molar-refractivity contribution in [3.8, 4) is 5.69 Å². The van der Waals surface area contributed by atoms with Crippen molar-refractivity contribution in [1.29, 1.82) is 0 Å². The molecular weight excluding hydrogens is 465 g/mol. The summed E-state index contributed by atoms with van der Waals surface area (Å²) in [5.41, 5.74) is 1.41. The van der Waals surface area contributed by atoms with E-state index in [1.165, 1.54) is 6.07 Å². The normalized spacial score (nSPS) is 17.4. The van der Waals surface area contributed by atoms with Crippen molar-refractivity contribution >= 4 is 49.7 Å². The maximum atomic E-state index is 14.6. The second-order valence-corrected chi connectivity index (χ2v) is 8.26. The summed E-state index contributed by atoms with van der Waals surface area (Å²) in [6.07, 6.45) is 6.22. The first kappa shape index (κ1) is 19.8. The van der Waals surface area contributed by atoms with Crippen LogP contribution in [0.3, 0.4) is 0 Å². The average molecular weight is 484 g/mol. The van der Waals surface area contributed by atoms with E-state index >= 15 is 0 Å². The lowest BCUT2D eigenvalue weighted by Crippen LogP contribution is -2.32. The number of amides is 1. The van der Waals surface area contributed by atoms with Crippen molar-refractivity contribution in [2.45, 2.75) is 31.7 Å². The molecule has 0 spiro atoms. The van der Waals surface area contributed by atoms with E-state index in [-0.39, 0.29) is 11.9 Å². The van der Waals surface area contributed by atoms with Gasteiger partial charge in [-0.25, -0.2) is 14.1 Å². The number of aromatic nitrogens is 5. The third-order valence-electron chi connectivity index (χ3n) is 5.37. The Morgan fingerprint density at radius 3 is 3.06 bits per heavy atom. The molecule has 1 atom stereocenters. The standard InChI is InChI=1S/C21H19BrFN7O/c22-19-15-11-26-21(27-13-4-2-7-24-17(31)6-5-13)28-20(15)30(29-19)14-9-12-3-1-8-25-18(12)16(23)10-14/h1,3,8-11,13H,2,4-7H2,(H,24,31)(H,26,27,28)/t13-/m0/s1. The molecular formula is C21H19BrFN7O. The fraction of sp³-hybridized carbons (Fsp3) is 0.286. The summed E-state index contributed by atoms with van der Waals surface area (Å²) in [5, 5.41) is 12.1. The van der Waals surface area contributed by atoms with E-state index in [0.717, 1.165) is 12.8 Å². The van der Waals surface area contributed by atoms with Crippen LogP contribution in [0.25, 0.3) is 27.6 Å². The van der Waals surface area contributed by atoms with E-state index in [4.69, 9.17) is 0 Å².